The lowest BCUT2D eigenvalue weighted by molar-refractivity contribution is 0.0225. The molecule has 2 N–H and O–H groups in total. The Hall–Kier alpha value is -4.26. The van der Waals surface area contributed by atoms with E-state index in [2.05, 4.69) is 30.5 Å². The third-order valence-electron chi connectivity index (χ3n) is 7.31. The van der Waals surface area contributed by atoms with Crippen molar-refractivity contribution in [2.24, 2.45) is 0 Å². The van der Waals surface area contributed by atoms with E-state index in [4.69, 9.17) is 10.1 Å². The van der Waals surface area contributed by atoms with Crippen molar-refractivity contribution in [2.45, 2.75) is 44.7 Å². The van der Waals surface area contributed by atoms with Crippen LogP contribution < -0.4 is 5.32 Å². The molecule has 0 bridgehead atoms. The summed E-state index contributed by atoms with van der Waals surface area (Å²) in [6, 6.07) is 6.29. The van der Waals surface area contributed by atoms with E-state index in [9.17, 15) is 4.39 Å². The number of nitrogens with one attached hydrogen (secondary N) is 1. The van der Waals surface area contributed by atoms with Crippen molar-refractivity contribution in [1.82, 2.24) is 39.4 Å². The second kappa shape index (κ2) is 10.0. The average Bonchev–Trinajstić information content (AvgIpc) is 3.67. The molecule has 0 saturated carbocycles. The fraction of sp³-hybridized carbons (Fsp3) is 0.370. The third-order valence-corrected chi connectivity index (χ3v) is 7.31. The number of hydrogen-bond donors (Lipinski definition) is 2. The number of aromatic nitrogens is 7. The molecule has 0 saturated heterocycles. The number of alkyl halides is 2. The van der Waals surface area contributed by atoms with Crippen LogP contribution >= 0.6 is 0 Å². The molecular weight excluding hydrogens is 523 g/mol. The van der Waals surface area contributed by atoms with Gasteiger partial charge in [0.15, 0.2) is 5.82 Å². The van der Waals surface area contributed by atoms with Gasteiger partial charge in [0.1, 0.15) is 11.6 Å². The van der Waals surface area contributed by atoms with Crippen LogP contribution in [0.3, 0.4) is 0 Å². The monoisotopic (exact) mass is 551 g/mol. The van der Waals surface area contributed by atoms with Crippen LogP contribution in [0.2, 0.25) is 0 Å². The first-order valence-corrected chi connectivity index (χ1v) is 13.1. The molecule has 0 aliphatic carbocycles. The summed E-state index contributed by atoms with van der Waals surface area (Å²) in [4.78, 5) is 11.3. The largest absolute Gasteiger partial charge is 0.396 e. The van der Waals surface area contributed by atoms with E-state index in [1.54, 1.807) is 23.1 Å². The maximum atomic E-state index is 15.5. The Bertz CT molecular complexity index is 1580. The van der Waals surface area contributed by atoms with E-state index in [0.29, 0.717) is 49.3 Å². The predicted octanol–water partition coefficient (Wildman–Crippen LogP) is 3.99. The molecule has 5 heterocycles. The molecule has 6 rings (SSSR count). The lowest BCUT2D eigenvalue weighted by Crippen LogP contribution is -2.36. The highest BCUT2D eigenvalue weighted by atomic mass is 19.3. The van der Waals surface area contributed by atoms with E-state index in [1.165, 1.54) is 16.7 Å². The topological polar surface area (TPSA) is 110 Å². The Morgan fingerprint density at radius 3 is 2.77 bits per heavy atom. The van der Waals surface area contributed by atoms with E-state index >= 15 is 8.78 Å². The molecule has 4 aromatic rings. The number of anilines is 2. The maximum absolute atomic E-state index is 15.5. The van der Waals surface area contributed by atoms with Gasteiger partial charge in [-0.2, -0.15) is 13.9 Å². The minimum atomic E-state index is -3.65. The van der Waals surface area contributed by atoms with Crippen LogP contribution in [0.5, 0.6) is 0 Å². The number of rotatable bonds is 8. The molecule has 2 atom stereocenters. The quantitative estimate of drug-likeness (QED) is 0.338. The van der Waals surface area contributed by atoms with Gasteiger partial charge >= 0.3 is 5.92 Å². The summed E-state index contributed by atoms with van der Waals surface area (Å²) in [5, 5.41) is 24.6. The minimum absolute atomic E-state index is 0.0615. The second-order valence-electron chi connectivity index (χ2n) is 10.1. The third kappa shape index (κ3) is 4.39. The highest BCUT2D eigenvalue weighted by molar-refractivity contribution is 5.65. The van der Waals surface area contributed by atoms with Crippen molar-refractivity contribution in [3.8, 4) is 0 Å². The van der Waals surface area contributed by atoms with Crippen molar-refractivity contribution < 1.29 is 18.3 Å². The Morgan fingerprint density at radius 2 is 1.98 bits per heavy atom. The van der Waals surface area contributed by atoms with Gasteiger partial charge in [-0.15, -0.1) is 10.2 Å². The number of halogens is 3. The molecule has 1 unspecified atom stereocenters. The fourth-order valence-electron chi connectivity index (χ4n) is 5.42. The predicted molar refractivity (Wildman–Crippen MR) is 140 cm³/mol. The molecule has 0 radical (unpaired) electrons. The molecule has 13 heteroatoms. The van der Waals surface area contributed by atoms with Crippen molar-refractivity contribution >= 4 is 17.5 Å². The van der Waals surface area contributed by atoms with Gasteiger partial charge in [-0.25, -0.2) is 19.0 Å². The first-order chi connectivity index (χ1) is 19.3. The molecule has 2 aliphatic rings. The first kappa shape index (κ1) is 26.0. The molecule has 0 spiro atoms. The van der Waals surface area contributed by atoms with Gasteiger partial charge in [-0.3, -0.25) is 4.57 Å². The number of aryl methyl sites for hydroxylation is 2. The number of aliphatic hydroxyl groups excluding tert-OH is 1. The standard InChI is InChI=1S/C27H28F3N9O/c1-16-13-31-26(33-22-8-9-32-38(22)10-5-11-40)34-23(16)18-12-21-24-35-36-25(39(24)17(2)14-37(21)15-18)27(29,30)19-6-3-4-7-20(19)28/h3-4,6-9,12-13,17-18,40H,5,10-11,14-15H2,1-2H3,(H,31,33,34)/t17-,18?/m0/s1. The highest BCUT2D eigenvalue weighted by Gasteiger charge is 2.46. The average molecular weight is 552 g/mol. The van der Waals surface area contributed by atoms with Crippen molar-refractivity contribution in [1.29, 1.82) is 0 Å². The summed E-state index contributed by atoms with van der Waals surface area (Å²) >= 11 is 0. The van der Waals surface area contributed by atoms with Gasteiger partial charge in [-0.05, 0) is 44.0 Å². The Labute approximate surface area is 228 Å². The normalized spacial score (nSPS) is 18.4. The van der Waals surface area contributed by atoms with Crippen LogP contribution in [0.25, 0.3) is 5.70 Å². The number of fused-ring (bicyclic) bond motifs is 3. The lowest BCUT2D eigenvalue weighted by Gasteiger charge is -2.34. The van der Waals surface area contributed by atoms with Crippen LogP contribution in [-0.4, -0.2) is 64.2 Å². The second-order valence-corrected chi connectivity index (χ2v) is 10.1. The van der Waals surface area contributed by atoms with Crippen molar-refractivity contribution in [3.63, 3.8) is 0 Å². The van der Waals surface area contributed by atoms with Gasteiger partial charge in [0.05, 0.1) is 29.2 Å². The smallest absolute Gasteiger partial charge is 0.334 e. The molecule has 208 valence electrons. The Balaban J connectivity index is 1.31. The van der Waals surface area contributed by atoms with Gasteiger partial charge in [0, 0.05) is 44.4 Å². The van der Waals surface area contributed by atoms with Gasteiger partial charge in [-0.1, -0.05) is 12.1 Å². The fourth-order valence-corrected chi connectivity index (χ4v) is 5.42. The molecule has 1 aromatic carbocycles. The van der Waals surface area contributed by atoms with Crippen LogP contribution in [0.15, 0.2) is 48.8 Å². The van der Waals surface area contributed by atoms with Crippen LogP contribution in [0.1, 0.15) is 53.8 Å². The molecular formula is C27H28F3N9O. The molecule has 2 aliphatic heterocycles. The van der Waals surface area contributed by atoms with E-state index in [-0.39, 0.29) is 18.6 Å². The maximum Gasteiger partial charge on any atom is 0.334 e. The van der Waals surface area contributed by atoms with Crippen LogP contribution in [0, 0.1) is 12.7 Å². The molecule has 0 fully saturated rings. The summed E-state index contributed by atoms with van der Waals surface area (Å²) in [6.07, 6.45) is 5.95. The van der Waals surface area contributed by atoms with E-state index in [0.717, 1.165) is 23.4 Å². The summed E-state index contributed by atoms with van der Waals surface area (Å²) < 4.78 is 48.6. The van der Waals surface area contributed by atoms with Crippen LogP contribution in [0.4, 0.5) is 24.9 Å². The first-order valence-electron chi connectivity index (χ1n) is 13.1. The van der Waals surface area contributed by atoms with Gasteiger partial charge in [0.2, 0.25) is 11.8 Å². The highest BCUT2D eigenvalue weighted by Crippen LogP contribution is 2.43. The molecule has 40 heavy (non-hydrogen) atoms. The summed E-state index contributed by atoms with van der Waals surface area (Å²) in [7, 11) is 0. The lowest BCUT2D eigenvalue weighted by atomic mass is 10.0. The number of benzene rings is 1. The number of aliphatic hydroxyl groups is 1. The van der Waals surface area contributed by atoms with E-state index < -0.39 is 23.1 Å². The van der Waals surface area contributed by atoms with Gasteiger partial charge in [0.25, 0.3) is 0 Å². The Kier molecular flexibility index (Phi) is 6.53. The summed E-state index contributed by atoms with van der Waals surface area (Å²) in [6.45, 7) is 5.43. The molecule has 0 amide bonds. The Morgan fingerprint density at radius 1 is 1.15 bits per heavy atom. The number of nitrogens with zero attached hydrogens (tertiary/aromatic N) is 8. The van der Waals surface area contributed by atoms with Crippen LogP contribution in [-0.2, 0) is 12.5 Å². The SMILES string of the molecule is Cc1cnc(Nc2ccnn2CCCO)nc1C1C=C2c3nnc(C(F)(F)c4ccccc4F)n3[C@@H](C)CN2C1. The zero-order valence-electron chi connectivity index (χ0n) is 22.0. The molecule has 3 aromatic heterocycles. The summed E-state index contributed by atoms with van der Waals surface area (Å²) in [5.41, 5.74) is 1.66. The zero-order valence-corrected chi connectivity index (χ0v) is 22.0. The van der Waals surface area contributed by atoms with Crippen molar-refractivity contribution in [2.75, 3.05) is 25.0 Å². The van der Waals surface area contributed by atoms with E-state index in [1.807, 2.05) is 19.9 Å². The molecule has 10 nitrogen and oxygen atoms in total. The summed E-state index contributed by atoms with van der Waals surface area (Å²) in [5.74, 6) is -3.93. The number of hydrogen-bond acceptors (Lipinski definition) is 8. The zero-order chi connectivity index (χ0) is 28.0. The minimum Gasteiger partial charge on any atom is -0.396 e. The van der Waals surface area contributed by atoms with Gasteiger partial charge < -0.3 is 15.3 Å². The van der Waals surface area contributed by atoms with Crippen molar-refractivity contribution in [3.05, 3.63) is 83.1 Å².